The van der Waals surface area contributed by atoms with Crippen molar-refractivity contribution in [1.82, 2.24) is 0 Å². The van der Waals surface area contributed by atoms with Crippen molar-refractivity contribution in [1.29, 1.82) is 0 Å². The highest BCUT2D eigenvalue weighted by Crippen LogP contribution is 2.04. The molecule has 0 amide bonds. The first-order valence-corrected chi connectivity index (χ1v) is 4.23. The van der Waals surface area contributed by atoms with Gasteiger partial charge >= 0.3 is 0 Å². The second-order valence-electron chi connectivity index (χ2n) is 2.46. The van der Waals surface area contributed by atoms with E-state index in [9.17, 15) is 5.11 Å². The highest BCUT2D eigenvalue weighted by Gasteiger charge is 1.78. The maximum Gasteiger partial charge on any atom is 0.178 e. The van der Waals surface area contributed by atoms with E-state index in [1.54, 1.807) is 12.1 Å². The van der Waals surface area contributed by atoms with Crippen molar-refractivity contribution in [3.8, 4) is 5.75 Å². The molecule has 2 heteroatoms. The first kappa shape index (κ1) is 11.0. The van der Waals surface area contributed by atoms with Crippen LogP contribution in [0.15, 0.2) is 30.3 Å². The molecule has 12 heavy (non-hydrogen) atoms. The molecule has 0 saturated carbocycles. The van der Waals surface area contributed by atoms with Gasteiger partial charge in [0.25, 0.3) is 0 Å². The highest BCUT2D eigenvalue weighted by molar-refractivity contribution is 5.18. The van der Waals surface area contributed by atoms with Crippen molar-refractivity contribution >= 4 is 0 Å². The van der Waals surface area contributed by atoms with Crippen LogP contribution in [0.5, 0.6) is 5.75 Å². The second-order valence-corrected chi connectivity index (χ2v) is 2.46. The number of unbranched alkanes of at least 4 members (excludes halogenated alkanes) is 1. The third-order valence-electron chi connectivity index (χ3n) is 1.30. The SMILES string of the molecule is CCCCN.[O]c1ccccc1. The molecule has 1 aromatic carbocycles. The number of benzene rings is 1. The van der Waals surface area contributed by atoms with Gasteiger partial charge in [-0.25, -0.2) is 0 Å². The predicted octanol–water partition coefficient (Wildman–Crippen LogP) is 2.58. The molecule has 1 aromatic rings. The summed E-state index contributed by atoms with van der Waals surface area (Å²) < 4.78 is 0. The molecule has 2 N–H and O–H groups in total. The van der Waals surface area contributed by atoms with E-state index < -0.39 is 0 Å². The molecule has 0 aliphatic heterocycles. The Kier molecular flexibility index (Phi) is 7.39. The predicted molar refractivity (Wildman–Crippen MR) is 50.5 cm³/mol. The van der Waals surface area contributed by atoms with Crippen LogP contribution in [0.2, 0.25) is 0 Å². The summed E-state index contributed by atoms with van der Waals surface area (Å²) >= 11 is 0. The molecule has 0 aliphatic rings. The van der Waals surface area contributed by atoms with E-state index in [4.69, 9.17) is 5.73 Å². The summed E-state index contributed by atoms with van der Waals surface area (Å²) in [6, 6.07) is 8.33. The smallest absolute Gasteiger partial charge is 0.178 e. The quantitative estimate of drug-likeness (QED) is 0.721. The Morgan fingerprint density at radius 1 is 1.25 bits per heavy atom. The summed E-state index contributed by atoms with van der Waals surface area (Å²) in [5, 5.41) is 10.3. The number of para-hydroxylation sites is 1. The van der Waals surface area contributed by atoms with Gasteiger partial charge < -0.3 is 5.73 Å². The molecule has 67 valence electrons. The molecule has 2 nitrogen and oxygen atoms in total. The Morgan fingerprint density at radius 3 is 2.00 bits per heavy atom. The lowest BCUT2D eigenvalue weighted by Gasteiger charge is -1.80. The molecule has 0 fully saturated rings. The van der Waals surface area contributed by atoms with Gasteiger partial charge in [0, 0.05) is 0 Å². The molecule has 0 saturated heterocycles. The average Bonchev–Trinajstić information content (AvgIpc) is 2.08. The zero-order chi connectivity index (χ0) is 9.23. The lowest BCUT2D eigenvalue weighted by molar-refractivity contribution is 0.355. The minimum atomic E-state index is 0.0718. The second kappa shape index (κ2) is 8.08. The Morgan fingerprint density at radius 2 is 1.83 bits per heavy atom. The van der Waals surface area contributed by atoms with E-state index in [0.29, 0.717) is 0 Å². The van der Waals surface area contributed by atoms with Crippen LogP contribution in [0.1, 0.15) is 19.8 Å². The van der Waals surface area contributed by atoms with Gasteiger partial charge in [-0.2, -0.15) is 0 Å². The molecule has 0 aromatic heterocycles. The average molecular weight is 166 g/mol. The molecular weight excluding hydrogens is 150 g/mol. The molecule has 0 aliphatic carbocycles. The van der Waals surface area contributed by atoms with Gasteiger partial charge in [0.2, 0.25) is 0 Å². The Hall–Kier alpha value is -1.02. The molecule has 1 rings (SSSR count). The number of nitrogens with two attached hydrogens (primary N) is 1. The van der Waals surface area contributed by atoms with Gasteiger partial charge in [0.1, 0.15) is 0 Å². The van der Waals surface area contributed by atoms with Gasteiger partial charge in [-0.15, -0.1) is 0 Å². The van der Waals surface area contributed by atoms with E-state index >= 15 is 0 Å². The molecule has 0 unspecified atom stereocenters. The fraction of sp³-hybridized carbons (Fsp3) is 0.400. The van der Waals surface area contributed by atoms with Crippen LogP contribution in [-0.2, 0) is 5.11 Å². The van der Waals surface area contributed by atoms with Crippen molar-refractivity contribution in [2.24, 2.45) is 5.73 Å². The summed E-state index contributed by atoms with van der Waals surface area (Å²) in [4.78, 5) is 0. The van der Waals surface area contributed by atoms with E-state index in [1.165, 1.54) is 25.0 Å². The molecule has 0 bridgehead atoms. The molecule has 1 radical (unpaired) electrons. The van der Waals surface area contributed by atoms with Gasteiger partial charge in [-0.05, 0) is 25.1 Å². The van der Waals surface area contributed by atoms with Crippen LogP contribution < -0.4 is 5.73 Å². The Bertz CT molecular complexity index is 172. The number of hydrogen-bond acceptors (Lipinski definition) is 1. The summed E-state index contributed by atoms with van der Waals surface area (Å²) in [5.74, 6) is 0.0718. The van der Waals surface area contributed by atoms with E-state index in [2.05, 4.69) is 6.92 Å². The van der Waals surface area contributed by atoms with Crippen molar-refractivity contribution in [3.05, 3.63) is 30.3 Å². The zero-order valence-corrected chi connectivity index (χ0v) is 7.49. The molecule has 0 spiro atoms. The van der Waals surface area contributed by atoms with Crippen molar-refractivity contribution in [2.45, 2.75) is 19.8 Å². The van der Waals surface area contributed by atoms with Crippen LogP contribution in [0.25, 0.3) is 0 Å². The fourth-order valence-electron chi connectivity index (χ4n) is 0.625. The van der Waals surface area contributed by atoms with Gasteiger partial charge in [0.15, 0.2) is 5.75 Å². The maximum atomic E-state index is 10.3. The first-order chi connectivity index (χ1) is 5.81. The minimum absolute atomic E-state index is 0.0718. The number of rotatable bonds is 2. The largest absolute Gasteiger partial charge is 0.330 e. The summed E-state index contributed by atoms with van der Waals surface area (Å²) in [5.41, 5.74) is 5.14. The lowest BCUT2D eigenvalue weighted by Crippen LogP contribution is -1.95. The summed E-state index contributed by atoms with van der Waals surface area (Å²) in [7, 11) is 0. The number of hydrogen-bond donors (Lipinski definition) is 1. The lowest BCUT2D eigenvalue weighted by atomic mass is 10.3. The standard InChI is InChI=1S/C6H5O.C4H11N/c7-6-4-2-1-3-5-6;1-2-3-4-5/h1-5H;2-5H2,1H3. The monoisotopic (exact) mass is 166 g/mol. The molecule has 0 heterocycles. The first-order valence-electron chi connectivity index (χ1n) is 4.23. The summed E-state index contributed by atoms with van der Waals surface area (Å²) in [6.45, 7) is 2.98. The molecular formula is C10H16NO. The van der Waals surface area contributed by atoms with E-state index in [0.717, 1.165) is 6.54 Å². The Labute approximate surface area is 74.0 Å². The van der Waals surface area contributed by atoms with E-state index in [1.807, 2.05) is 6.07 Å². The molecule has 0 atom stereocenters. The van der Waals surface area contributed by atoms with Crippen LogP contribution >= 0.6 is 0 Å². The third kappa shape index (κ3) is 7.09. The highest BCUT2D eigenvalue weighted by atomic mass is 16.3. The fourth-order valence-corrected chi connectivity index (χ4v) is 0.625. The third-order valence-corrected chi connectivity index (χ3v) is 1.30. The van der Waals surface area contributed by atoms with Crippen LogP contribution in [0.4, 0.5) is 0 Å². The van der Waals surface area contributed by atoms with Gasteiger partial charge in [-0.1, -0.05) is 31.5 Å². The normalized spacial score (nSPS) is 8.50. The van der Waals surface area contributed by atoms with Crippen LogP contribution in [0.3, 0.4) is 0 Å². The minimum Gasteiger partial charge on any atom is -0.330 e. The van der Waals surface area contributed by atoms with Crippen LogP contribution in [-0.4, -0.2) is 6.54 Å². The summed E-state index contributed by atoms with van der Waals surface area (Å²) in [6.07, 6.45) is 2.39. The van der Waals surface area contributed by atoms with Crippen molar-refractivity contribution < 1.29 is 5.11 Å². The van der Waals surface area contributed by atoms with Crippen molar-refractivity contribution in [2.75, 3.05) is 6.54 Å². The van der Waals surface area contributed by atoms with Gasteiger partial charge in [0.05, 0.1) is 0 Å². The van der Waals surface area contributed by atoms with E-state index in [-0.39, 0.29) is 5.75 Å². The van der Waals surface area contributed by atoms with Crippen LogP contribution in [0, 0.1) is 0 Å². The zero-order valence-electron chi connectivity index (χ0n) is 7.49. The van der Waals surface area contributed by atoms with Crippen molar-refractivity contribution in [3.63, 3.8) is 0 Å². The maximum absolute atomic E-state index is 10.3. The van der Waals surface area contributed by atoms with Gasteiger partial charge in [-0.3, -0.25) is 5.11 Å². The Balaban J connectivity index is 0.000000217. The topological polar surface area (TPSA) is 45.9 Å².